The van der Waals surface area contributed by atoms with Crippen molar-refractivity contribution in [2.75, 3.05) is 13.1 Å². The zero-order chi connectivity index (χ0) is 18.3. The Morgan fingerprint density at radius 2 is 1.08 bits per heavy atom. The van der Waals surface area contributed by atoms with Crippen molar-refractivity contribution in [3.05, 3.63) is 12.4 Å². The maximum Gasteiger partial charge on any atom is 0.103 e. The molecule has 0 fully saturated rings. The van der Waals surface area contributed by atoms with E-state index in [1.54, 1.807) is 0 Å². The average Bonchev–Trinajstić information content (AvgIpc) is 3.02. The van der Waals surface area contributed by atoms with Gasteiger partial charge in [-0.05, 0) is 19.3 Å². The van der Waals surface area contributed by atoms with Gasteiger partial charge in [0.2, 0.25) is 0 Å². The molecule has 1 aliphatic rings. The summed E-state index contributed by atoms with van der Waals surface area (Å²) in [5, 5.41) is 0. The Hall–Kier alpha value is -0.660. The van der Waals surface area contributed by atoms with Gasteiger partial charge in [0, 0.05) is 25.5 Å². The standard InChI is InChI=1S/C23H46N2/c1-5-7-8-9-10-11-12-13-14-15-16-17-18-19-25-21-20-24(6-2)23(25)22(3)4/h20-23H,5-19H2,1-4H3. The molecule has 0 radical (unpaired) electrons. The van der Waals surface area contributed by atoms with E-state index in [0.29, 0.717) is 12.1 Å². The Balaban J connectivity index is 1.91. The van der Waals surface area contributed by atoms with Gasteiger partial charge < -0.3 is 9.80 Å². The third-order valence-corrected chi connectivity index (χ3v) is 5.61. The molecule has 0 amide bonds. The van der Waals surface area contributed by atoms with Crippen LogP contribution >= 0.6 is 0 Å². The molecule has 0 saturated heterocycles. The summed E-state index contributed by atoms with van der Waals surface area (Å²) in [5.41, 5.74) is 0. The lowest BCUT2D eigenvalue weighted by molar-refractivity contribution is 0.110. The summed E-state index contributed by atoms with van der Waals surface area (Å²) in [7, 11) is 0. The molecule has 2 heteroatoms. The molecule has 0 aliphatic carbocycles. The number of unbranched alkanes of at least 4 members (excludes halogenated alkanes) is 12. The fraction of sp³-hybridized carbons (Fsp3) is 0.913. The van der Waals surface area contributed by atoms with E-state index in [2.05, 4.69) is 49.9 Å². The third-order valence-electron chi connectivity index (χ3n) is 5.61. The van der Waals surface area contributed by atoms with Gasteiger partial charge in [-0.25, -0.2) is 0 Å². The van der Waals surface area contributed by atoms with Gasteiger partial charge in [0.25, 0.3) is 0 Å². The molecule has 1 rings (SSSR count). The summed E-state index contributed by atoms with van der Waals surface area (Å²) >= 11 is 0. The number of hydrogen-bond donors (Lipinski definition) is 0. The largest absolute Gasteiger partial charge is 0.356 e. The highest BCUT2D eigenvalue weighted by Gasteiger charge is 2.27. The van der Waals surface area contributed by atoms with Crippen molar-refractivity contribution in [2.24, 2.45) is 5.92 Å². The van der Waals surface area contributed by atoms with Crippen LogP contribution in [0.5, 0.6) is 0 Å². The third kappa shape index (κ3) is 9.56. The summed E-state index contributed by atoms with van der Waals surface area (Å²) in [6, 6.07) is 0. The lowest BCUT2D eigenvalue weighted by Crippen LogP contribution is -2.42. The first-order chi connectivity index (χ1) is 12.2. The molecule has 25 heavy (non-hydrogen) atoms. The predicted octanol–water partition coefficient (Wildman–Crippen LogP) is 7.17. The maximum absolute atomic E-state index is 2.56. The van der Waals surface area contributed by atoms with E-state index >= 15 is 0 Å². The van der Waals surface area contributed by atoms with Crippen LogP contribution in [0, 0.1) is 5.92 Å². The van der Waals surface area contributed by atoms with Crippen molar-refractivity contribution in [3.63, 3.8) is 0 Å². The highest BCUT2D eigenvalue weighted by atomic mass is 15.4. The summed E-state index contributed by atoms with van der Waals surface area (Å²) in [4.78, 5) is 5.04. The second-order valence-electron chi connectivity index (χ2n) is 8.27. The lowest BCUT2D eigenvalue weighted by atomic mass is 10.0. The van der Waals surface area contributed by atoms with Crippen molar-refractivity contribution < 1.29 is 0 Å². The fourth-order valence-corrected chi connectivity index (χ4v) is 4.12. The summed E-state index contributed by atoms with van der Waals surface area (Å²) in [6.07, 6.45) is 23.8. The maximum atomic E-state index is 2.56. The van der Waals surface area contributed by atoms with E-state index in [-0.39, 0.29) is 0 Å². The van der Waals surface area contributed by atoms with Gasteiger partial charge in [-0.15, -0.1) is 0 Å². The molecule has 1 atom stereocenters. The molecule has 0 N–H and O–H groups in total. The number of nitrogens with zero attached hydrogens (tertiary/aromatic N) is 2. The Bertz CT molecular complexity index is 324. The van der Waals surface area contributed by atoms with Gasteiger partial charge in [-0.2, -0.15) is 0 Å². The van der Waals surface area contributed by atoms with Crippen LogP contribution in [0.1, 0.15) is 111 Å². The molecule has 0 saturated carbocycles. The van der Waals surface area contributed by atoms with E-state index in [1.807, 2.05) is 0 Å². The minimum absolute atomic E-state index is 0.585. The van der Waals surface area contributed by atoms with Crippen molar-refractivity contribution >= 4 is 0 Å². The molecule has 148 valence electrons. The van der Waals surface area contributed by atoms with Crippen LogP contribution in [-0.2, 0) is 0 Å². The molecule has 0 aromatic heterocycles. The van der Waals surface area contributed by atoms with E-state index < -0.39 is 0 Å². The SMILES string of the molecule is CCCCCCCCCCCCCCCN1C=CN(CC)C1C(C)C. The quantitative estimate of drug-likeness (QED) is 0.272. The monoisotopic (exact) mass is 350 g/mol. The molecule has 0 spiro atoms. The number of hydrogen-bond acceptors (Lipinski definition) is 2. The Morgan fingerprint density at radius 1 is 0.640 bits per heavy atom. The second-order valence-corrected chi connectivity index (χ2v) is 8.27. The normalized spacial score (nSPS) is 17.2. The molecule has 2 nitrogen and oxygen atoms in total. The minimum atomic E-state index is 0.585. The van der Waals surface area contributed by atoms with E-state index in [9.17, 15) is 0 Å². The molecule has 0 aromatic carbocycles. The van der Waals surface area contributed by atoms with Gasteiger partial charge in [0.1, 0.15) is 6.17 Å². The van der Waals surface area contributed by atoms with E-state index in [1.165, 1.54) is 90.0 Å². The Kier molecular flexibility index (Phi) is 13.0. The highest BCUT2D eigenvalue weighted by molar-refractivity contribution is 4.97. The zero-order valence-electron chi connectivity index (χ0n) is 17.8. The molecule has 1 unspecified atom stereocenters. The second kappa shape index (κ2) is 14.5. The predicted molar refractivity (Wildman–Crippen MR) is 113 cm³/mol. The van der Waals surface area contributed by atoms with Crippen LogP contribution in [-0.4, -0.2) is 29.1 Å². The van der Waals surface area contributed by atoms with Gasteiger partial charge in [0.15, 0.2) is 0 Å². The zero-order valence-corrected chi connectivity index (χ0v) is 17.8. The van der Waals surface area contributed by atoms with Crippen molar-refractivity contribution in [3.8, 4) is 0 Å². The van der Waals surface area contributed by atoms with Crippen molar-refractivity contribution in [1.82, 2.24) is 9.80 Å². The van der Waals surface area contributed by atoms with Crippen molar-refractivity contribution in [2.45, 2.75) is 117 Å². The van der Waals surface area contributed by atoms with Crippen LogP contribution in [0.4, 0.5) is 0 Å². The smallest absolute Gasteiger partial charge is 0.103 e. The first-order valence-corrected chi connectivity index (χ1v) is 11.4. The van der Waals surface area contributed by atoms with Gasteiger partial charge in [-0.1, -0.05) is 97.8 Å². The molecule has 1 aliphatic heterocycles. The summed E-state index contributed by atoms with van der Waals surface area (Å²) in [5.74, 6) is 0.692. The molecule has 1 heterocycles. The highest BCUT2D eigenvalue weighted by Crippen LogP contribution is 2.23. The minimum Gasteiger partial charge on any atom is -0.356 e. The lowest BCUT2D eigenvalue weighted by Gasteiger charge is -2.35. The molecule has 0 aromatic rings. The molecular formula is C23H46N2. The first kappa shape index (κ1) is 22.4. The van der Waals surface area contributed by atoms with Crippen LogP contribution in [0.15, 0.2) is 12.4 Å². The van der Waals surface area contributed by atoms with Crippen LogP contribution in [0.25, 0.3) is 0 Å². The van der Waals surface area contributed by atoms with Crippen LogP contribution in [0.3, 0.4) is 0 Å². The topological polar surface area (TPSA) is 6.48 Å². The van der Waals surface area contributed by atoms with Crippen LogP contribution < -0.4 is 0 Å². The Morgan fingerprint density at radius 3 is 1.52 bits per heavy atom. The molecular weight excluding hydrogens is 304 g/mol. The van der Waals surface area contributed by atoms with Gasteiger partial charge in [0.05, 0.1) is 0 Å². The van der Waals surface area contributed by atoms with Crippen LogP contribution in [0.2, 0.25) is 0 Å². The first-order valence-electron chi connectivity index (χ1n) is 11.4. The van der Waals surface area contributed by atoms with E-state index in [0.717, 1.165) is 6.54 Å². The summed E-state index contributed by atoms with van der Waals surface area (Å²) in [6.45, 7) is 11.6. The molecule has 0 bridgehead atoms. The fourth-order valence-electron chi connectivity index (χ4n) is 4.12. The average molecular weight is 351 g/mol. The van der Waals surface area contributed by atoms with Gasteiger partial charge >= 0.3 is 0 Å². The van der Waals surface area contributed by atoms with Gasteiger partial charge in [-0.3, -0.25) is 0 Å². The number of rotatable bonds is 16. The van der Waals surface area contributed by atoms with E-state index in [4.69, 9.17) is 0 Å². The summed E-state index contributed by atoms with van der Waals surface area (Å²) < 4.78 is 0. The van der Waals surface area contributed by atoms with Crippen molar-refractivity contribution in [1.29, 1.82) is 0 Å². The Labute approximate surface area is 159 Å².